The normalized spacial score (nSPS) is 11.8. The molecule has 0 aliphatic heterocycles. The second-order valence-corrected chi connectivity index (χ2v) is 4.31. The van der Waals surface area contributed by atoms with Crippen LogP contribution < -0.4 is 9.47 Å². The molecule has 1 unspecified atom stereocenters. The van der Waals surface area contributed by atoms with E-state index in [2.05, 4.69) is 9.97 Å². The number of hydrogen-bond donors (Lipinski definition) is 0. The maximum atomic E-state index is 11.4. The fraction of sp³-hybridized carbons (Fsp3) is 0.267. The molecule has 5 nitrogen and oxygen atoms in total. The van der Waals surface area contributed by atoms with E-state index in [0.717, 1.165) is 0 Å². The minimum absolute atomic E-state index is 0.0235. The largest absolute Gasteiger partial charge is 0.493 e. The minimum atomic E-state index is -0.292. The molecule has 1 aromatic heterocycles. The van der Waals surface area contributed by atoms with Crippen molar-refractivity contribution in [2.24, 2.45) is 0 Å². The van der Waals surface area contributed by atoms with Crippen molar-refractivity contribution >= 4 is 5.78 Å². The van der Waals surface area contributed by atoms with Crippen LogP contribution in [0.1, 0.15) is 36.0 Å². The Bertz CT molecular complexity index is 599. The lowest BCUT2D eigenvalue weighted by molar-refractivity contribution is 0.101. The van der Waals surface area contributed by atoms with E-state index in [9.17, 15) is 4.79 Å². The summed E-state index contributed by atoms with van der Waals surface area (Å²) in [6.07, 6.45) is 4.57. The Morgan fingerprint density at radius 1 is 1.25 bits per heavy atom. The van der Waals surface area contributed by atoms with Gasteiger partial charge in [0.05, 0.1) is 19.0 Å². The number of carbonyl (C=O) groups excluding carboxylic acids is 1. The van der Waals surface area contributed by atoms with E-state index in [1.165, 1.54) is 6.92 Å². The Kier molecular flexibility index (Phi) is 4.30. The molecule has 0 bridgehead atoms. The molecule has 1 atom stereocenters. The number of methoxy groups -OCH3 is 1. The SMILES string of the molecule is COc1ccc(C(C)=O)cc1OC(C)c1cnccn1. The Morgan fingerprint density at radius 3 is 2.65 bits per heavy atom. The Labute approximate surface area is 117 Å². The van der Waals surface area contributed by atoms with Crippen molar-refractivity contribution in [3.8, 4) is 11.5 Å². The molecule has 0 saturated carbocycles. The van der Waals surface area contributed by atoms with Gasteiger partial charge in [0.25, 0.3) is 0 Å². The maximum absolute atomic E-state index is 11.4. The molecule has 0 spiro atoms. The van der Waals surface area contributed by atoms with Crippen LogP contribution >= 0.6 is 0 Å². The number of Topliss-reactive ketones (excluding diaryl/α,β-unsaturated/α-hetero) is 1. The molecule has 1 aromatic carbocycles. The van der Waals surface area contributed by atoms with Crippen molar-refractivity contribution in [2.75, 3.05) is 7.11 Å². The van der Waals surface area contributed by atoms with Gasteiger partial charge in [0.1, 0.15) is 6.10 Å². The summed E-state index contributed by atoms with van der Waals surface area (Å²) in [5, 5.41) is 0. The van der Waals surface area contributed by atoms with Gasteiger partial charge in [-0.1, -0.05) is 0 Å². The monoisotopic (exact) mass is 272 g/mol. The summed E-state index contributed by atoms with van der Waals surface area (Å²) in [7, 11) is 1.56. The fourth-order valence-corrected chi connectivity index (χ4v) is 1.76. The van der Waals surface area contributed by atoms with E-state index in [0.29, 0.717) is 22.8 Å². The van der Waals surface area contributed by atoms with E-state index < -0.39 is 0 Å². The number of ketones is 1. The van der Waals surface area contributed by atoms with E-state index in [-0.39, 0.29) is 11.9 Å². The molecule has 20 heavy (non-hydrogen) atoms. The molecule has 0 amide bonds. The fourth-order valence-electron chi connectivity index (χ4n) is 1.76. The van der Waals surface area contributed by atoms with Gasteiger partial charge >= 0.3 is 0 Å². The number of aromatic nitrogens is 2. The minimum Gasteiger partial charge on any atom is -0.493 e. The van der Waals surface area contributed by atoms with Crippen LogP contribution in [0.3, 0.4) is 0 Å². The van der Waals surface area contributed by atoms with Crippen LogP contribution in [-0.4, -0.2) is 22.9 Å². The third kappa shape index (κ3) is 3.12. The molecular weight excluding hydrogens is 256 g/mol. The molecule has 0 saturated heterocycles. The lowest BCUT2D eigenvalue weighted by Crippen LogP contribution is -2.07. The highest BCUT2D eigenvalue weighted by atomic mass is 16.5. The highest BCUT2D eigenvalue weighted by Gasteiger charge is 2.14. The Morgan fingerprint density at radius 2 is 2.05 bits per heavy atom. The smallest absolute Gasteiger partial charge is 0.162 e. The first-order valence-corrected chi connectivity index (χ1v) is 6.23. The van der Waals surface area contributed by atoms with Gasteiger partial charge in [-0.2, -0.15) is 0 Å². The van der Waals surface area contributed by atoms with Crippen molar-refractivity contribution in [3.63, 3.8) is 0 Å². The van der Waals surface area contributed by atoms with Crippen LogP contribution in [0, 0.1) is 0 Å². The van der Waals surface area contributed by atoms with Crippen molar-refractivity contribution in [1.82, 2.24) is 9.97 Å². The topological polar surface area (TPSA) is 61.3 Å². The van der Waals surface area contributed by atoms with E-state index in [1.807, 2.05) is 6.92 Å². The zero-order chi connectivity index (χ0) is 14.5. The molecule has 104 valence electrons. The zero-order valence-electron chi connectivity index (χ0n) is 11.7. The van der Waals surface area contributed by atoms with E-state index in [4.69, 9.17) is 9.47 Å². The van der Waals surface area contributed by atoms with Crippen LogP contribution in [0.25, 0.3) is 0 Å². The van der Waals surface area contributed by atoms with Gasteiger partial charge in [-0.25, -0.2) is 0 Å². The highest BCUT2D eigenvalue weighted by molar-refractivity contribution is 5.94. The van der Waals surface area contributed by atoms with E-state index >= 15 is 0 Å². The van der Waals surface area contributed by atoms with Gasteiger partial charge in [-0.3, -0.25) is 14.8 Å². The highest BCUT2D eigenvalue weighted by Crippen LogP contribution is 2.31. The van der Waals surface area contributed by atoms with Gasteiger partial charge in [0.2, 0.25) is 0 Å². The quantitative estimate of drug-likeness (QED) is 0.783. The van der Waals surface area contributed by atoms with Crippen LogP contribution in [0.4, 0.5) is 0 Å². The summed E-state index contributed by atoms with van der Waals surface area (Å²) < 4.78 is 11.1. The zero-order valence-corrected chi connectivity index (χ0v) is 11.7. The molecule has 0 radical (unpaired) electrons. The third-order valence-electron chi connectivity index (χ3n) is 2.87. The van der Waals surface area contributed by atoms with Crippen molar-refractivity contribution in [1.29, 1.82) is 0 Å². The molecular formula is C15H16N2O3. The molecule has 0 aliphatic carbocycles. The molecule has 2 rings (SSSR count). The second kappa shape index (κ2) is 6.14. The number of rotatable bonds is 5. The van der Waals surface area contributed by atoms with Gasteiger partial charge in [0, 0.05) is 18.0 Å². The van der Waals surface area contributed by atoms with Gasteiger partial charge in [0.15, 0.2) is 17.3 Å². The molecule has 0 fully saturated rings. The average Bonchev–Trinajstić information content (AvgIpc) is 2.48. The Balaban J connectivity index is 2.27. The van der Waals surface area contributed by atoms with Gasteiger partial charge in [-0.05, 0) is 32.0 Å². The Hall–Kier alpha value is -2.43. The lowest BCUT2D eigenvalue weighted by atomic mass is 10.1. The second-order valence-electron chi connectivity index (χ2n) is 4.31. The first-order chi connectivity index (χ1) is 9.61. The summed E-state index contributed by atoms with van der Waals surface area (Å²) in [4.78, 5) is 19.6. The number of hydrogen-bond acceptors (Lipinski definition) is 5. The van der Waals surface area contributed by atoms with Crippen LogP contribution in [-0.2, 0) is 0 Å². The van der Waals surface area contributed by atoms with Gasteiger partial charge < -0.3 is 9.47 Å². The molecule has 0 aliphatic rings. The van der Waals surface area contributed by atoms with Crippen molar-refractivity contribution in [3.05, 3.63) is 48.0 Å². The van der Waals surface area contributed by atoms with E-state index in [1.54, 1.807) is 43.9 Å². The van der Waals surface area contributed by atoms with Crippen LogP contribution in [0.2, 0.25) is 0 Å². The summed E-state index contributed by atoms with van der Waals surface area (Å²) in [5.41, 5.74) is 1.29. The number of ether oxygens (including phenoxy) is 2. The summed E-state index contributed by atoms with van der Waals surface area (Å²) in [6.45, 7) is 3.38. The summed E-state index contributed by atoms with van der Waals surface area (Å²) in [6, 6.07) is 5.10. The number of carbonyl (C=O) groups is 1. The van der Waals surface area contributed by atoms with Crippen LogP contribution in [0.15, 0.2) is 36.8 Å². The standard InChI is InChI=1S/C15H16N2O3/c1-10(18)12-4-5-14(19-3)15(8-12)20-11(2)13-9-16-6-7-17-13/h4-9,11H,1-3H3. The number of benzene rings is 1. The third-order valence-corrected chi connectivity index (χ3v) is 2.87. The predicted octanol–water partition coefficient (Wildman–Crippen LogP) is 2.83. The summed E-state index contributed by atoms with van der Waals surface area (Å²) >= 11 is 0. The first kappa shape index (κ1) is 14.0. The summed E-state index contributed by atoms with van der Waals surface area (Å²) in [5.74, 6) is 1.06. The average molecular weight is 272 g/mol. The lowest BCUT2D eigenvalue weighted by Gasteiger charge is -2.16. The molecule has 0 N–H and O–H groups in total. The van der Waals surface area contributed by atoms with Crippen molar-refractivity contribution in [2.45, 2.75) is 20.0 Å². The predicted molar refractivity (Wildman–Crippen MR) is 74.1 cm³/mol. The molecule has 2 aromatic rings. The maximum Gasteiger partial charge on any atom is 0.162 e. The number of nitrogens with zero attached hydrogens (tertiary/aromatic N) is 2. The van der Waals surface area contributed by atoms with Crippen LogP contribution in [0.5, 0.6) is 11.5 Å². The van der Waals surface area contributed by atoms with Crippen molar-refractivity contribution < 1.29 is 14.3 Å². The molecule has 1 heterocycles. The molecule has 5 heteroatoms. The van der Waals surface area contributed by atoms with Gasteiger partial charge in [-0.15, -0.1) is 0 Å². The first-order valence-electron chi connectivity index (χ1n) is 6.23.